The second-order valence-electron chi connectivity index (χ2n) is 6.09. The molecule has 0 spiro atoms. The van der Waals surface area contributed by atoms with E-state index >= 15 is 0 Å². The molecule has 0 saturated carbocycles. The molecule has 1 aromatic carbocycles. The Morgan fingerprint density at radius 2 is 2.13 bits per heavy atom. The quantitative estimate of drug-likeness (QED) is 0.936. The van der Waals surface area contributed by atoms with Gasteiger partial charge in [0, 0.05) is 18.3 Å². The van der Waals surface area contributed by atoms with Gasteiger partial charge in [-0.05, 0) is 38.3 Å². The number of piperidine rings is 1. The molecule has 2 heterocycles. The third kappa shape index (κ3) is 3.62. The van der Waals surface area contributed by atoms with Crippen molar-refractivity contribution in [2.45, 2.75) is 38.6 Å². The number of amides is 1. The van der Waals surface area contributed by atoms with Crippen LogP contribution in [0.3, 0.4) is 0 Å². The predicted molar refractivity (Wildman–Crippen MR) is 93.7 cm³/mol. The van der Waals surface area contributed by atoms with Gasteiger partial charge in [0.05, 0.1) is 11.0 Å². The molecule has 0 radical (unpaired) electrons. The SMILES string of the molecule is Cc1ccc(C2CCCCN2C(=O)c2csc(CCN)n2)cc1. The lowest BCUT2D eigenvalue weighted by Crippen LogP contribution is -2.38. The molecule has 3 rings (SSSR count). The summed E-state index contributed by atoms with van der Waals surface area (Å²) in [6, 6.07) is 8.69. The van der Waals surface area contributed by atoms with E-state index in [0.717, 1.165) is 37.2 Å². The Bertz CT molecular complexity index is 665. The molecule has 1 aromatic heterocycles. The van der Waals surface area contributed by atoms with Gasteiger partial charge in [0.2, 0.25) is 0 Å². The van der Waals surface area contributed by atoms with Gasteiger partial charge >= 0.3 is 0 Å². The monoisotopic (exact) mass is 329 g/mol. The lowest BCUT2D eigenvalue weighted by molar-refractivity contribution is 0.0606. The molecule has 0 bridgehead atoms. The van der Waals surface area contributed by atoms with Crippen molar-refractivity contribution < 1.29 is 4.79 Å². The Hall–Kier alpha value is -1.72. The van der Waals surface area contributed by atoms with Gasteiger partial charge in [0.15, 0.2) is 0 Å². The van der Waals surface area contributed by atoms with E-state index in [1.165, 1.54) is 22.5 Å². The number of nitrogens with two attached hydrogens (primary N) is 1. The average molecular weight is 329 g/mol. The van der Waals surface area contributed by atoms with Crippen LogP contribution in [-0.2, 0) is 6.42 Å². The maximum Gasteiger partial charge on any atom is 0.273 e. The van der Waals surface area contributed by atoms with Gasteiger partial charge in [-0.15, -0.1) is 11.3 Å². The number of likely N-dealkylation sites (tertiary alicyclic amines) is 1. The van der Waals surface area contributed by atoms with Gasteiger partial charge in [-0.3, -0.25) is 4.79 Å². The van der Waals surface area contributed by atoms with Crippen molar-refractivity contribution in [3.63, 3.8) is 0 Å². The summed E-state index contributed by atoms with van der Waals surface area (Å²) in [4.78, 5) is 19.4. The molecule has 1 unspecified atom stereocenters. The minimum Gasteiger partial charge on any atom is -0.330 e. The van der Waals surface area contributed by atoms with Crippen molar-refractivity contribution in [2.75, 3.05) is 13.1 Å². The zero-order valence-corrected chi connectivity index (χ0v) is 14.3. The van der Waals surface area contributed by atoms with E-state index < -0.39 is 0 Å². The van der Waals surface area contributed by atoms with Gasteiger partial charge < -0.3 is 10.6 Å². The third-order valence-corrected chi connectivity index (χ3v) is 5.26. The van der Waals surface area contributed by atoms with Crippen LogP contribution in [-0.4, -0.2) is 28.9 Å². The Morgan fingerprint density at radius 3 is 2.87 bits per heavy atom. The summed E-state index contributed by atoms with van der Waals surface area (Å²) in [6.45, 7) is 3.46. The highest BCUT2D eigenvalue weighted by molar-refractivity contribution is 7.09. The first-order valence-corrected chi connectivity index (χ1v) is 9.09. The fraction of sp³-hybridized carbons (Fsp3) is 0.444. The Balaban J connectivity index is 1.82. The van der Waals surface area contributed by atoms with Crippen LogP contribution in [0.5, 0.6) is 0 Å². The first-order valence-electron chi connectivity index (χ1n) is 8.21. The van der Waals surface area contributed by atoms with Crippen LogP contribution in [0.4, 0.5) is 0 Å². The molecule has 1 aliphatic heterocycles. The number of benzene rings is 1. The smallest absolute Gasteiger partial charge is 0.273 e. The fourth-order valence-corrected chi connectivity index (χ4v) is 3.89. The predicted octanol–water partition coefficient (Wildman–Crippen LogP) is 3.32. The van der Waals surface area contributed by atoms with Crippen LogP contribution in [0, 0.1) is 6.92 Å². The zero-order chi connectivity index (χ0) is 16.2. The van der Waals surface area contributed by atoms with E-state index in [4.69, 9.17) is 5.73 Å². The molecule has 1 atom stereocenters. The van der Waals surface area contributed by atoms with E-state index in [9.17, 15) is 4.79 Å². The summed E-state index contributed by atoms with van der Waals surface area (Å²) in [5, 5.41) is 2.81. The molecule has 23 heavy (non-hydrogen) atoms. The van der Waals surface area contributed by atoms with Crippen molar-refractivity contribution in [3.8, 4) is 0 Å². The lowest BCUT2D eigenvalue weighted by atomic mass is 9.94. The van der Waals surface area contributed by atoms with Gasteiger partial charge in [0.1, 0.15) is 5.69 Å². The number of hydrogen-bond acceptors (Lipinski definition) is 4. The highest BCUT2D eigenvalue weighted by Gasteiger charge is 2.29. The normalized spacial score (nSPS) is 18.2. The first-order chi connectivity index (χ1) is 11.2. The minimum atomic E-state index is 0.0507. The van der Waals surface area contributed by atoms with E-state index in [1.54, 1.807) is 0 Å². The van der Waals surface area contributed by atoms with E-state index in [2.05, 4.69) is 36.2 Å². The van der Waals surface area contributed by atoms with Crippen LogP contribution >= 0.6 is 11.3 Å². The van der Waals surface area contributed by atoms with Gasteiger partial charge in [0.25, 0.3) is 5.91 Å². The van der Waals surface area contributed by atoms with Crippen LogP contribution in [0.1, 0.15) is 51.9 Å². The second-order valence-corrected chi connectivity index (χ2v) is 7.03. The summed E-state index contributed by atoms with van der Waals surface area (Å²) in [5.74, 6) is 0.0507. The average Bonchev–Trinajstić information content (AvgIpc) is 3.04. The Kier molecular flexibility index (Phi) is 5.08. The number of hydrogen-bond donors (Lipinski definition) is 1. The molecule has 1 fully saturated rings. The molecule has 1 amide bonds. The minimum absolute atomic E-state index is 0.0507. The Morgan fingerprint density at radius 1 is 1.35 bits per heavy atom. The summed E-state index contributed by atoms with van der Waals surface area (Å²) in [5.41, 5.74) is 8.60. The first kappa shape index (κ1) is 16.1. The number of thiazole rings is 1. The number of rotatable bonds is 4. The highest BCUT2D eigenvalue weighted by Crippen LogP contribution is 2.32. The van der Waals surface area contributed by atoms with Crippen LogP contribution in [0.15, 0.2) is 29.6 Å². The number of carbonyl (C=O) groups is 1. The molecular weight excluding hydrogens is 306 g/mol. The molecule has 122 valence electrons. The number of aromatic nitrogens is 1. The molecular formula is C18H23N3OS. The largest absolute Gasteiger partial charge is 0.330 e. The maximum absolute atomic E-state index is 12.9. The molecule has 1 saturated heterocycles. The molecule has 1 aliphatic rings. The van der Waals surface area contributed by atoms with Gasteiger partial charge in [-0.2, -0.15) is 0 Å². The second kappa shape index (κ2) is 7.23. The van der Waals surface area contributed by atoms with Crippen LogP contribution < -0.4 is 5.73 Å². The summed E-state index contributed by atoms with van der Waals surface area (Å²) in [6.07, 6.45) is 3.99. The summed E-state index contributed by atoms with van der Waals surface area (Å²) in [7, 11) is 0. The highest BCUT2D eigenvalue weighted by atomic mass is 32.1. The van der Waals surface area contributed by atoms with Crippen LogP contribution in [0.2, 0.25) is 0 Å². The molecule has 5 heteroatoms. The van der Waals surface area contributed by atoms with E-state index in [-0.39, 0.29) is 11.9 Å². The van der Waals surface area contributed by atoms with Crippen molar-refractivity contribution in [1.82, 2.24) is 9.88 Å². The number of aryl methyl sites for hydroxylation is 1. The topological polar surface area (TPSA) is 59.2 Å². The van der Waals surface area contributed by atoms with E-state index in [0.29, 0.717) is 12.2 Å². The van der Waals surface area contributed by atoms with Gasteiger partial charge in [-0.25, -0.2) is 4.98 Å². The van der Waals surface area contributed by atoms with Gasteiger partial charge in [-0.1, -0.05) is 29.8 Å². The summed E-state index contributed by atoms with van der Waals surface area (Å²) < 4.78 is 0. The van der Waals surface area contributed by atoms with E-state index in [1.807, 2.05) is 10.3 Å². The molecule has 2 aromatic rings. The van der Waals surface area contributed by atoms with Crippen molar-refractivity contribution in [2.24, 2.45) is 5.73 Å². The maximum atomic E-state index is 12.9. The van der Waals surface area contributed by atoms with Crippen molar-refractivity contribution in [1.29, 1.82) is 0 Å². The third-order valence-electron chi connectivity index (χ3n) is 4.35. The molecule has 4 nitrogen and oxygen atoms in total. The van der Waals surface area contributed by atoms with Crippen molar-refractivity contribution in [3.05, 3.63) is 51.5 Å². The molecule has 0 aliphatic carbocycles. The Labute approximate surface area is 141 Å². The molecule has 2 N–H and O–H groups in total. The fourth-order valence-electron chi connectivity index (χ4n) is 3.10. The summed E-state index contributed by atoms with van der Waals surface area (Å²) >= 11 is 1.53. The lowest BCUT2D eigenvalue weighted by Gasteiger charge is -2.35. The number of carbonyl (C=O) groups excluding carboxylic acids is 1. The van der Waals surface area contributed by atoms with Crippen LogP contribution in [0.25, 0.3) is 0 Å². The standard InChI is InChI=1S/C18H23N3OS/c1-13-5-7-14(8-6-13)16-4-2-3-11-21(16)18(22)15-12-23-17(20-15)9-10-19/h5-8,12,16H,2-4,9-11,19H2,1H3. The zero-order valence-electron chi connectivity index (χ0n) is 13.5. The number of nitrogens with zero attached hydrogens (tertiary/aromatic N) is 2. The van der Waals surface area contributed by atoms with Crippen molar-refractivity contribution >= 4 is 17.2 Å².